The molecule has 0 amide bonds. The number of nitrogens with zero attached hydrogens (tertiary/aromatic N) is 3. The van der Waals surface area contributed by atoms with Crippen LogP contribution in [-0.4, -0.2) is 26.1 Å². The molecule has 0 bridgehead atoms. The van der Waals surface area contributed by atoms with Crippen LogP contribution in [0.15, 0.2) is 24.3 Å². The number of hydrogen-bond donors (Lipinski definition) is 1. The van der Waals surface area contributed by atoms with Crippen molar-refractivity contribution >= 4 is 5.97 Å². The molecule has 1 fully saturated rings. The van der Waals surface area contributed by atoms with Crippen LogP contribution in [0.4, 0.5) is 0 Å². The minimum absolute atomic E-state index is 0.0874. The summed E-state index contributed by atoms with van der Waals surface area (Å²) in [6, 6.07) is 7.99. The Morgan fingerprint density at radius 1 is 1.47 bits per heavy atom. The number of aromatic nitrogens is 3. The molecule has 5 nitrogen and oxygen atoms in total. The molecule has 1 aliphatic rings. The normalized spacial score (nSPS) is 14.6. The molecule has 0 unspecified atom stereocenters. The van der Waals surface area contributed by atoms with Crippen LogP contribution in [0.2, 0.25) is 0 Å². The molecule has 1 aromatic carbocycles. The van der Waals surface area contributed by atoms with Gasteiger partial charge in [0.2, 0.25) is 0 Å². The maximum Gasteiger partial charge on any atom is 0.358 e. The van der Waals surface area contributed by atoms with Gasteiger partial charge in [0, 0.05) is 5.92 Å². The fourth-order valence-corrected chi connectivity index (χ4v) is 2.26. The van der Waals surface area contributed by atoms with Crippen molar-refractivity contribution in [1.82, 2.24) is 15.0 Å². The van der Waals surface area contributed by atoms with E-state index in [1.807, 2.05) is 18.2 Å². The number of aromatic carboxylic acids is 1. The zero-order valence-corrected chi connectivity index (χ0v) is 10.7. The van der Waals surface area contributed by atoms with Gasteiger partial charge < -0.3 is 5.11 Å². The molecule has 1 aliphatic carbocycles. The molecule has 0 aliphatic heterocycles. The van der Waals surface area contributed by atoms with E-state index in [1.165, 1.54) is 5.56 Å². The van der Waals surface area contributed by atoms with Crippen LogP contribution in [0.5, 0.6) is 0 Å². The molecule has 3 rings (SSSR count). The maximum absolute atomic E-state index is 11.2. The van der Waals surface area contributed by atoms with Crippen molar-refractivity contribution < 1.29 is 9.90 Å². The van der Waals surface area contributed by atoms with Crippen molar-refractivity contribution in [3.63, 3.8) is 0 Å². The number of benzene rings is 1. The number of carbonyl (C=O) groups is 1. The van der Waals surface area contributed by atoms with Crippen LogP contribution in [0.25, 0.3) is 5.69 Å². The van der Waals surface area contributed by atoms with Gasteiger partial charge in [-0.05, 0) is 37.0 Å². The van der Waals surface area contributed by atoms with Gasteiger partial charge in [-0.3, -0.25) is 0 Å². The van der Waals surface area contributed by atoms with Gasteiger partial charge in [0.05, 0.1) is 11.4 Å². The molecule has 0 saturated heterocycles. The van der Waals surface area contributed by atoms with E-state index in [-0.39, 0.29) is 11.6 Å². The molecular formula is C14H15N3O2. The molecule has 19 heavy (non-hydrogen) atoms. The highest BCUT2D eigenvalue weighted by Gasteiger charge is 2.34. The first-order chi connectivity index (χ1) is 9.20. The van der Waals surface area contributed by atoms with Gasteiger partial charge in [0.1, 0.15) is 0 Å². The van der Waals surface area contributed by atoms with Crippen LogP contribution >= 0.6 is 0 Å². The maximum atomic E-state index is 11.2. The second kappa shape index (κ2) is 4.50. The number of rotatable bonds is 4. The topological polar surface area (TPSA) is 68.0 Å². The zero-order valence-electron chi connectivity index (χ0n) is 10.7. The summed E-state index contributed by atoms with van der Waals surface area (Å²) in [6.45, 7) is 2.09. The van der Waals surface area contributed by atoms with Crippen LogP contribution in [-0.2, 0) is 6.42 Å². The van der Waals surface area contributed by atoms with Gasteiger partial charge in [-0.1, -0.05) is 24.3 Å². The summed E-state index contributed by atoms with van der Waals surface area (Å²) in [4.78, 5) is 11.2. The fraction of sp³-hybridized carbons (Fsp3) is 0.357. The second-order valence-electron chi connectivity index (χ2n) is 4.84. The van der Waals surface area contributed by atoms with Gasteiger partial charge in [0.15, 0.2) is 5.69 Å². The summed E-state index contributed by atoms with van der Waals surface area (Å²) >= 11 is 0. The van der Waals surface area contributed by atoms with Crippen molar-refractivity contribution in [2.45, 2.75) is 32.1 Å². The van der Waals surface area contributed by atoms with Crippen LogP contribution in [0, 0.1) is 0 Å². The zero-order chi connectivity index (χ0) is 13.4. The number of aryl methyl sites for hydroxylation is 1. The lowest BCUT2D eigenvalue weighted by atomic mass is 10.1. The molecule has 1 heterocycles. The van der Waals surface area contributed by atoms with E-state index in [0.29, 0.717) is 0 Å². The Bertz CT molecular complexity index is 629. The first-order valence-corrected chi connectivity index (χ1v) is 6.49. The smallest absolute Gasteiger partial charge is 0.358 e. The van der Waals surface area contributed by atoms with Gasteiger partial charge >= 0.3 is 5.97 Å². The summed E-state index contributed by atoms with van der Waals surface area (Å²) in [5, 5.41) is 17.0. The Kier molecular flexibility index (Phi) is 2.81. The Morgan fingerprint density at radius 2 is 2.26 bits per heavy atom. The van der Waals surface area contributed by atoms with Crippen LogP contribution < -0.4 is 0 Å². The molecule has 1 saturated carbocycles. The van der Waals surface area contributed by atoms with Gasteiger partial charge in [0.25, 0.3) is 0 Å². The largest absolute Gasteiger partial charge is 0.476 e. The first kappa shape index (κ1) is 11.9. The Hall–Kier alpha value is -2.17. The van der Waals surface area contributed by atoms with Gasteiger partial charge in [-0.2, -0.15) is 0 Å². The highest BCUT2D eigenvalue weighted by atomic mass is 16.4. The standard InChI is InChI=1S/C14H15N3O2/c1-2-9-4-3-5-11(8-9)17-13(10-6-7-10)12(14(18)19)15-16-17/h3-5,8,10H,2,6-7H2,1H3,(H,18,19). The van der Waals surface area contributed by atoms with Crippen molar-refractivity contribution in [1.29, 1.82) is 0 Å². The quantitative estimate of drug-likeness (QED) is 0.913. The first-order valence-electron chi connectivity index (χ1n) is 6.49. The van der Waals surface area contributed by atoms with E-state index in [4.69, 9.17) is 0 Å². The summed E-state index contributed by atoms with van der Waals surface area (Å²) < 4.78 is 1.68. The number of carboxylic acid groups (broad SMARTS) is 1. The minimum Gasteiger partial charge on any atom is -0.476 e. The fourth-order valence-electron chi connectivity index (χ4n) is 2.26. The van der Waals surface area contributed by atoms with Crippen molar-refractivity contribution in [2.75, 3.05) is 0 Å². The number of carboxylic acids is 1. The third-order valence-electron chi connectivity index (χ3n) is 3.43. The highest BCUT2D eigenvalue weighted by molar-refractivity contribution is 5.87. The second-order valence-corrected chi connectivity index (χ2v) is 4.84. The van der Waals surface area contributed by atoms with Crippen LogP contribution in [0.1, 0.15) is 47.4 Å². The summed E-state index contributed by atoms with van der Waals surface area (Å²) in [6.07, 6.45) is 2.97. The molecule has 0 spiro atoms. The molecule has 2 aromatic rings. The summed E-state index contributed by atoms with van der Waals surface area (Å²) in [5.41, 5.74) is 2.91. The van der Waals surface area contributed by atoms with Crippen LogP contribution in [0.3, 0.4) is 0 Å². The van der Waals surface area contributed by atoms with Gasteiger partial charge in [-0.15, -0.1) is 5.10 Å². The van der Waals surface area contributed by atoms with Crippen molar-refractivity contribution in [3.8, 4) is 5.69 Å². The lowest BCUT2D eigenvalue weighted by Crippen LogP contribution is -2.06. The molecule has 1 N–H and O–H groups in total. The Morgan fingerprint density at radius 3 is 2.89 bits per heavy atom. The predicted molar refractivity (Wildman–Crippen MR) is 69.7 cm³/mol. The summed E-state index contributed by atoms with van der Waals surface area (Å²) in [7, 11) is 0. The predicted octanol–water partition coefficient (Wildman–Crippen LogP) is 2.41. The molecule has 98 valence electrons. The average Bonchev–Trinajstić information content (AvgIpc) is 3.16. The lowest BCUT2D eigenvalue weighted by molar-refractivity contribution is 0.0689. The lowest BCUT2D eigenvalue weighted by Gasteiger charge is -2.07. The third-order valence-corrected chi connectivity index (χ3v) is 3.43. The number of hydrogen-bond acceptors (Lipinski definition) is 3. The molecule has 0 radical (unpaired) electrons. The van der Waals surface area contributed by atoms with E-state index in [9.17, 15) is 9.90 Å². The molecule has 1 aromatic heterocycles. The van der Waals surface area contributed by atoms with E-state index < -0.39 is 5.97 Å². The van der Waals surface area contributed by atoms with E-state index in [1.54, 1.807) is 4.68 Å². The van der Waals surface area contributed by atoms with Crippen molar-refractivity contribution in [3.05, 3.63) is 41.2 Å². The highest BCUT2D eigenvalue weighted by Crippen LogP contribution is 2.41. The minimum atomic E-state index is -1.00. The van der Waals surface area contributed by atoms with Crippen molar-refractivity contribution in [2.24, 2.45) is 0 Å². The Balaban J connectivity index is 2.11. The average molecular weight is 257 g/mol. The van der Waals surface area contributed by atoms with E-state index >= 15 is 0 Å². The monoisotopic (exact) mass is 257 g/mol. The SMILES string of the molecule is CCc1cccc(-n2nnc(C(=O)O)c2C2CC2)c1. The Labute approximate surface area is 110 Å². The molecular weight excluding hydrogens is 242 g/mol. The summed E-state index contributed by atoms with van der Waals surface area (Å²) in [5.74, 6) is -0.717. The van der Waals surface area contributed by atoms with E-state index in [2.05, 4.69) is 23.3 Å². The third kappa shape index (κ3) is 2.12. The molecule has 5 heteroatoms. The van der Waals surface area contributed by atoms with Gasteiger partial charge in [-0.25, -0.2) is 9.48 Å². The molecule has 0 atom stereocenters. The van der Waals surface area contributed by atoms with E-state index in [0.717, 1.165) is 30.6 Å².